The number of nitrogens with two attached hydrogens (primary N) is 1. The second kappa shape index (κ2) is 7.80. The van der Waals surface area contributed by atoms with Crippen LogP contribution in [0.15, 0.2) is 48.5 Å². The standard InChI is InChI=1S/C19H21N3O3S/c1-22(20)18(23)17(11-26)21-19(24)25-10-16-14-8-4-2-6-12(14)13-7-3-5-9-15(13)16/h2-9,16-17,26H,10-11,20H2,1H3,(H,21,24). The molecule has 0 aromatic heterocycles. The Hall–Kier alpha value is -2.51. The number of benzene rings is 2. The van der Waals surface area contributed by atoms with E-state index in [1.165, 1.54) is 7.05 Å². The summed E-state index contributed by atoms with van der Waals surface area (Å²) < 4.78 is 5.41. The molecule has 1 atom stereocenters. The molecule has 26 heavy (non-hydrogen) atoms. The van der Waals surface area contributed by atoms with E-state index in [1.807, 2.05) is 36.4 Å². The van der Waals surface area contributed by atoms with Gasteiger partial charge < -0.3 is 10.1 Å². The summed E-state index contributed by atoms with van der Waals surface area (Å²) in [5, 5.41) is 3.43. The van der Waals surface area contributed by atoms with Crippen molar-refractivity contribution in [3.05, 3.63) is 59.7 Å². The van der Waals surface area contributed by atoms with Gasteiger partial charge >= 0.3 is 6.09 Å². The second-order valence-electron chi connectivity index (χ2n) is 6.15. The van der Waals surface area contributed by atoms with Crippen LogP contribution in [0, 0.1) is 0 Å². The van der Waals surface area contributed by atoms with Crippen LogP contribution in [-0.2, 0) is 9.53 Å². The predicted molar refractivity (Wildman–Crippen MR) is 103 cm³/mol. The third-order valence-corrected chi connectivity index (χ3v) is 4.83. The van der Waals surface area contributed by atoms with Crippen LogP contribution in [0.5, 0.6) is 0 Å². The molecule has 6 nitrogen and oxygen atoms in total. The number of ether oxygens (including phenoxy) is 1. The number of likely N-dealkylation sites (N-methyl/N-ethyl adjacent to an activating group) is 1. The molecule has 0 aliphatic heterocycles. The van der Waals surface area contributed by atoms with Crippen LogP contribution in [0.25, 0.3) is 11.1 Å². The smallest absolute Gasteiger partial charge is 0.407 e. The minimum atomic E-state index is -0.830. The zero-order valence-electron chi connectivity index (χ0n) is 14.4. The first-order chi connectivity index (χ1) is 12.5. The minimum absolute atomic E-state index is 0.0320. The fourth-order valence-electron chi connectivity index (χ4n) is 3.21. The Morgan fingerprint density at radius 2 is 1.69 bits per heavy atom. The number of nitrogens with zero attached hydrogens (tertiary/aromatic N) is 1. The number of carbonyl (C=O) groups excluding carboxylic acids is 2. The molecule has 0 spiro atoms. The summed E-state index contributed by atoms with van der Waals surface area (Å²) in [6.07, 6.45) is -0.666. The molecule has 0 fully saturated rings. The molecule has 0 saturated carbocycles. The molecule has 3 N–H and O–H groups in total. The summed E-state index contributed by atoms with van der Waals surface area (Å²) in [4.78, 5) is 24.0. The molecule has 1 aliphatic carbocycles. The number of amides is 2. The van der Waals surface area contributed by atoms with Crippen LogP contribution >= 0.6 is 12.6 Å². The molecule has 1 unspecified atom stereocenters. The van der Waals surface area contributed by atoms with Crippen molar-refractivity contribution in [1.29, 1.82) is 0 Å². The molecule has 7 heteroatoms. The van der Waals surface area contributed by atoms with Gasteiger partial charge in [-0.15, -0.1) is 0 Å². The maximum atomic E-state index is 12.1. The van der Waals surface area contributed by atoms with E-state index in [9.17, 15) is 9.59 Å². The highest BCUT2D eigenvalue weighted by Gasteiger charge is 2.29. The first-order valence-corrected chi connectivity index (χ1v) is 8.90. The Labute approximate surface area is 157 Å². The molecule has 2 aromatic carbocycles. The number of carbonyl (C=O) groups is 2. The van der Waals surface area contributed by atoms with Gasteiger partial charge in [0.15, 0.2) is 0 Å². The van der Waals surface area contributed by atoms with E-state index >= 15 is 0 Å². The average Bonchev–Trinajstić information content (AvgIpc) is 2.98. The van der Waals surface area contributed by atoms with Crippen LogP contribution in [0.4, 0.5) is 4.79 Å². The second-order valence-corrected chi connectivity index (χ2v) is 6.52. The third-order valence-electron chi connectivity index (χ3n) is 4.46. The SMILES string of the molecule is CN(N)C(=O)C(CS)NC(=O)OCC1c2ccccc2-c2ccccc21. The van der Waals surface area contributed by atoms with Gasteiger partial charge in [0.1, 0.15) is 12.6 Å². The molecule has 0 heterocycles. The highest BCUT2D eigenvalue weighted by molar-refractivity contribution is 7.80. The summed E-state index contributed by atoms with van der Waals surface area (Å²) in [5.41, 5.74) is 4.57. The topological polar surface area (TPSA) is 84.7 Å². The predicted octanol–water partition coefficient (Wildman–Crippen LogP) is 2.16. The number of alkyl carbamates (subject to hydrolysis) is 1. The van der Waals surface area contributed by atoms with Gasteiger partial charge in [-0.2, -0.15) is 12.6 Å². The van der Waals surface area contributed by atoms with Gasteiger partial charge in [-0.25, -0.2) is 10.6 Å². The molecule has 1 aliphatic rings. The lowest BCUT2D eigenvalue weighted by atomic mass is 9.98. The maximum absolute atomic E-state index is 12.1. The lowest BCUT2D eigenvalue weighted by Crippen LogP contribution is -2.50. The van der Waals surface area contributed by atoms with Crippen molar-refractivity contribution in [1.82, 2.24) is 10.3 Å². The fourth-order valence-corrected chi connectivity index (χ4v) is 3.46. The van der Waals surface area contributed by atoms with E-state index in [4.69, 9.17) is 10.6 Å². The van der Waals surface area contributed by atoms with Gasteiger partial charge in [0.05, 0.1) is 0 Å². The number of hydrogen-bond donors (Lipinski definition) is 3. The van der Waals surface area contributed by atoms with Gasteiger partial charge in [-0.3, -0.25) is 9.80 Å². The quantitative estimate of drug-likeness (QED) is 0.325. The third kappa shape index (κ3) is 3.54. The molecular formula is C19H21N3O3S. The fraction of sp³-hybridized carbons (Fsp3) is 0.263. The van der Waals surface area contributed by atoms with Crippen LogP contribution < -0.4 is 11.2 Å². The van der Waals surface area contributed by atoms with E-state index < -0.39 is 18.0 Å². The van der Waals surface area contributed by atoms with Crippen molar-refractivity contribution in [2.75, 3.05) is 19.4 Å². The van der Waals surface area contributed by atoms with E-state index in [0.29, 0.717) is 0 Å². The first-order valence-electron chi connectivity index (χ1n) is 8.27. The van der Waals surface area contributed by atoms with Crippen molar-refractivity contribution in [2.24, 2.45) is 5.84 Å². The highest BCUT2D eigenvalue weighted by Crippen LogP contribution is 2.44. The monoisotopic (exact) mass is 371 g/mol. The van der Waals surface area contributed by atoms with E-state index in [1.54, 1.807) is 0 Å². The molecule has 0 bridgehead atoms. The van der Waals surface area contributed by atoms with Crippen LogP contribution in [0.1, 0.15) is 17.0 Å². The average molecular weight is 371 g/mol. The number of hydrogen-bond acceptors (Lipinski definition) is 5. The molecule has 0 radical (unpaired) electrons. The summed E-state index contributed by atoms with van der Waals surface area (Å²) in [7, 11) is 1.41. The number of hydrazine groups is 1. The number of rotatable bonds is 5. The van der Waals surface area contributed by atoms with E-state index in [2.05, 4.69) is 30.1 Å². The van der Waals surface area contributed by atoms with Gasteiger partial charge in [0, 0.05) is 18.7 Å². The maximum Gasteiger partial charge on any atom is 0.407 e. The van der Waals surface area contributed by atoms with Gasteiger partial charge in [-0.1, -0.05) is 48.5 Å². The molecular weight excluding hydrogens is 350 g/mol. The number of fused-ring (bicyclic) bond motifs is 3. The largest absolute Gasteiger partial charge is 0.449 e. The summed E-state index contributed by atoms with van der Waals surface area (Å²) in [6, 6.07) is 15.4. The number of nitrogens with one attached hydrogen (secondary N) is 1. The van der Waals surface area contributed by atoms with Gasteiger partial charge in [-0.05, 0) is 22.3 Å². The molecule has 0 saturated heterocycles. The Morgan fingerprint density at radius 3 is 2.19 bits per heavy atom. The van der Waals surface area contributed by atoms with Crippen LogP contribution in [0.2, 0.25) is 0 Å². The summed E-state index contributed by atoms with van der Waals surface area (Å²) in [5.74, 6) is 5.09. The van der Waals surface area contributed by atoms with Crippen molar-refractivity contribution < 1.29 is 14.3 Å². The molecule has 2 aromatic rings. The van der Waals surface area contributed by atoms with Crippen LogP contribution in [-0.4, -0.2) is 42.5 Å². The summed E-state index contributed by atoms with van der Waals surface area (Å²) in [6.45, 7) is 0.186. The van der Waals surface area contributed by atoms with Crippen molar-refractivity contribution in [3.63, 3.8) is 0 Å². The van der Waals surface area contributed by atoms with E-state index in [-0.39, 0.29) is 18.3 Å². The number of thiol groups is 1. The summed E-state index contributed by atoms with van der Waals surface area (Å²) >= 11 is 4.08. The van der Waals surface area contributed by atoms with Crippen molar-refractivity contribution in [2.45, 2.75) is 12.0 Å². The first kappa shape index (κ1) is 18.3. The minimum Gasteiger partial charge on any atom is -0.449 e. The zero-order valence-corrected chi connectivity index (χ0v) is 15.3. The highest BCUT2D eigenvalue weighted by atomic mass is 32.1. The Morgan fingerprint density at radius 1 is 1.15 bits per heavy atom. The van der Waals surface area contributed by atoms with Gasteiger partial charge in [0.25, 0.3) is 5.91 Å². The Balaban J connectivity index is 1.70. The normalized spacial score (nSPS) is 13.5. The van der Waals surface area contributed by atoms with Gasteiger partial charge in [0.2, 0.25) is 0 Å². The molecule has 136 valence electrons. The van der Waals surface area contributed by atoms with Crippen LogP contribution in [0.3, 0.4) is 0 Å². The van der Waals surface area contributed by atoms with Crippen molar-refractivity contribution >= 4 is 24.6 Å². The molecule has 3 rings (SSSR count). The Kier molecular flexibility index (Phi) is 5.49. The Bertz CT molecular complexity index is 780. The zero-order chi connectivity index (χ0) is 18.7. The van der Waals surface area contributed by atoms with E-state index in [0.717, 1.165) is 27.3 Å². The lowest BCUT2D eigenvalue weighted by molar-refractivity contribution is -0.131. The molecule has 2 amide bonds. The van der Waals surface area contributed by atoms with Crippen molar-refractivity contribution in [3.8, 4) is 11.1 Å². The lowest BCUT2D eigenvalue weighted by Gasteiger charge is -2.20.